The molecular formula is C19H23NO4. The molecule has 0 fully saturated rings. The zero-order valence-electron chi connectivity index (χ0n) is 14.2. The summed E-state index contributed by atoms with van der Waals surface area (Å²) in [7, 11) is 3.18. The topological polar surface area (TPSA) is 56.8 Å². The Bertz CT molecular complexity index is 658. The van der Waals surface area contributed by atoms with Crippen LogP contribution in [0, 0.1) is 0 Å². The molecule has 2 aromatic rings. The summed E-state index contributed by atoms with van der Waals surface area (Å²) in [6.07, 6.45) is -0.195. The number of benzene rings is 2. The van der Waals surface area contributed by atoms with Crippen LogP contribution in [0.3, 0.4) is 0 Å². The van der Waals surface area contributed by atoms with E-state index in [1.165, 1.54) is 0 Å². The molecule has 0 aromatic heterocycles. The minimum Gasteiger partial charge on any atom is -0.493 e. The molecule has 1 N–H and O–H groups in total. The molecule has 5 heteroatoms. The molecule has 0 saturated heterocycles. The average Bonchev–Trinajstić information content (AvgIpc) is 2.63. The van der Waals surface area contributed by atoms with Gasteiger partial charge in [0.2, 0.25) is 0 Å². The van der Waals surface area contributed by atoms with E-state index in [9.17, 15) is 4.79 Å². The van der Waals surface area contributed by atoms with E-state index in [1.807, 2.05) is 37.3 Å². The fraction of sp³-hybridized carbons (Fsp3) is 0.316. The van der Waals surface area contributed by atoms with Gasteiger partial charge in [-0.2, -0.15) is 0 Å². The van der Waals surface area contributed by atoms with Crippen molar-refractivity contribution in [2.45, 2.75) is 13.0 Å². The number of hydrogen-bond acceptors (Lipinski definition) is 4. The molecule has 1 amide bonds. The lowest BCUT2D eigenvalue weighted by Crippen LogP contribution is -2.29. The molecular weight excluding hydrogens is 306 g/mol. The Balaban J connectivity index is 2.04. The lowest BCUT2D eigenvalue weighted by molar-refractivity contribution is 0.0827. The van der Waals surface area contributed by atoms with Gasteiger partial charge in [0.05, 0.1) is 19.8 Å². The van der Waals surface area contributed by atoms with Crippen molar-refractivity contribution in [3.05, 3.63) is 59.7 Å². The van der Waals surface area contributed by atoms with Crippen molar-refractivity contribution in [3.8, 4) is 11.5 Å². The molecule has 24 heavy (non-hydrogen) atoms. The third-order valence-corrected chi connectivity index (χ3v) is 3.63. The van der Waals surface area contributed by atoms with Gasteiger partial charge in [0.1, 0.15) is 0 Å². The molecule has 1 atom stereocenters. The minimum atomic E-state index is -0.195. The van der Waals surface area contributed by atoms with Crippen molar-refractivity contribution < 1.29 is 19.0 Å². The summed E-state index contributed by atoms with van der Waals surface area (Å²) < 4.78 is 16.2. The fourth-order valence-electron chi connectivity index (χ4n) is 2.38. The number of rotatable bonds is 8. The first kappa shape index (κ1) is 17.8. The van der Waals surface area contributed by atoms with Crippen LogP contribution in [-0.2, 0) is 4.74 Å². The van der Waals surface area contributed by atoms with Gasteiger partial charge in [-0.05, 0) is 30.7 Å². The predicted molar refractivity (Wildman–Crippen MR) is 92.7 cm³/mol. The lowest BCUT2D eigenvalue weighted by atomic mass is 10.1. The molecule has 0 aliphatic rings. The number of carbonyl (C=O) groups excluding carboxylic acids is 1. The molecule has 2 rings (SSSR count). The molecule has 1 unspecified atom stereocenters. The Morgan fingerprint density at radius 3 is 2.46 bits per heavy atom. The summed E-state index contributed by atoms with van der Waals surface area (Å²) in [5.74, 6) is 0.973. The zero-order chi connectivity index (χ0) is 17.4. The highest BCUT2D eigenvalue weighted by molar-refractivity contribution is 5.94. The summed E-state index contributed by atoms with van der Waals surface area (Å²) in [5, 5.41) is 2.89. The van der Waals surface area contributed by atoms with E-state index in [-0.39, 0.29) is 12.0 Å². The van der Waals surface area contributed by atoms with E-state index in [2.05, 4.69) is 5.32 Å². The number of amides is 1. The maximum absolute atomic E-state index is 12.4. The smallest absolute Gasteiger partial charge is 0.251 e. The van der Waals surface area contributed by atoms with Crippen LogP contribution in [0.15, 0.2) is 48.5 Å². The van der Waals surface area contributed by atoms with Crippen molar-refractivity contribution in [1.82, 2.24) is 5.32 Å². The van der Waals surface area contributed by atoms with Crippen LogP contribution >= 0.6 is 0 Å². The molecule has 0 spiro atoms. The van der Waals surface area contributed by atoms with Crippen LogP contribution in [0.2, 0.25) is 0 Å². The van der Waals surface area contributed by atoms with E-state index in [1.54, 1.807) is 32.4 Å². The quantitative estimate of drug-likeness (QED) is 0.808. The van der Waals surface area contributed by atoms with Gasteiger partial charge in [0, 0.05) is 19.2 Å². The van der Waals surface area contributed by atoms with Gasteiger partial charge in [-0.25, -0.2) is 0 Å². The Kier molecular flexibility index (Phi) is 6.63. The first-order valence-corrected chi connectivity index (χ1v) is 7.86. The van der Waals surface area contributed by atoms with Gasteiger partial charge in [0.15, 0.2) is 11.5 Å². The standard InChI is InChI=1S/C19H23NO4/c1-4-24-16-11-10-15(12-17(16)22-2)19(21)20-13-18(23-3)14-8-6-5-7-9-14/h5-12,18H,4,13H2,1-3H3,(H,20,21). The van der Waals surface area contributed by atoms with E-state index in [0.29, 0.717) is 30.2 Å². The predicted octanol–water partition coefficient (Wildman–Crippen LogP) is 3.21. The van der Waals surface area contributed by atoms with E-state index < -0.39 is 0 Å². The Morgan fingerprint density at radius 2 is 1.83 bits per heavy atom. The number of ether oxygens (including phenoxy) is 3. The second-order valence-electron chi connectivity index (χ2n) is 5.14. The van der Waals surface area contributed by atoms with Crippen molar-refractivity contribution >= 4 is 5.91 Å². The first-order valence-electron chi connectivity index (χ1n) is 7.86. The van der Waals surface area contributed by atoms with Crippen LogP contribution in [0.5, 0.6) is 11.5 Å². The average molecular weight is 329 g/mol. The van der Waals surface area contributed by atoms with Gasteiger partial charge in [-0.3, -0.25) is 4.79 Å². The molecule has 0 heterocycles. The van der Waals surface area contributed by atoms with Crippen molar-refractivity contribution in [3.63, 3.8) is 0 Å². The highest BCUT2D eigenvalue weighted by Gasteiger charge is 2.14. The van der Waals surface area contributed by atoms with Crippen LogP contribution < -0.4 is 14.8 Å². The monoisotopic (exact) mass is 329 g/mol. The summed E-state index contributed by atoms with van der Waals surface area (Å²) in [5.41, 5.74) is 1.53. The Labute approximate surface area is 142 Å². The molecule has 0 aliphatic heterocycles. The highest BCUT2D eigenvalue weighted by atomic mass is 16.5. The van der Waals surface area contributed by atoms with Crippen molar-refractivity contribution in [2.75, 3.05) is 27.4 Å². The molecule has 0 aliphatic carbocycles. The molecule has 2 aromatic carbocycles. The highest BCUT2D eigenvalue weighted by Crippen LogP contribution is 2.28. The summed E-state index contributed by atoms with van der Waals surface area (Å²) in [4.78, 5) is 12.4. The van der Waals surface area contributed by atoms with E-state index >= 15 is 0 Å². The summed E-state index contributed by atoms with van der Waals surface area (Å²) >= 11 is 0. The number of methoxy groups -OCH3 is 2. The van der Waals surface area contributed by atoms with Crippen molar-refractivity contribution in [2.24, 2.45) is 0 Å². The molecule has 128 valence electrons. The van der Waals surface area contributed by atoms with Gasteiger partial charge in [-0.15, -0.1) is 0 Å². The van der Waals surface area contributed by atoms with Crippen LogP contribution in [0.25, 0.3) is 0 Å². The van der Waals surface area contributed by atoms with Gasteiger partial charge in [-0.1, -0.05) is 30.3 Å². The van der Waals surface area contributed by atoms with Gasteiger partial charge in [0.25, 0.3) is 5.91 Å². The van der Waals surface area contributed by atoms with E-state index in [0.717, 1.165) is 5.56 Å². The third kappa shape index (κ3) is 4.49. The third-order valence-electron chi connectivity index (χ3n) is 3.63. The SMILES string of the molecule is CCOc1ccc(C(=O)NCC(OC)c2ccccc2)cc1OC. The Morgan fingerprint density at radius 1 is 1.08 bits per heavy atom. The Hall–Kier alpha value is -2.53. The second-order valence-corrected chi connectivity index (χ2v) is 5.14. The van der Waals surface area contributed by atoms with Crippen LogP contribution in [0.1, 0.15) is 28.9 Å². The van der Waals surface area contributed by atoms with Crippen LogP contribution in [-0.4, -0.2) is 33.3 Å². The normalized spacial score (nSPS) is 11.6. The number of nitrogens with one attached hydrogen (secondary N) is 1. The molecule has 5 nitrogen and oxygen atoms in total. The maximum atomic E-state index is 12.4. The van der Waals surface area contributed by atoms with E-state index in [4.69, 9.17) is 14.2 Å². The van der Waals surface area contributed by atoms with Crippen LogP contribution in [0.4, 0.5) is 0 Å². The largest absolute Gasteiger partial charge is 0.493 e. The number of hydrogen-bond donors (Lipinski definition) is 1. The number of carbonyl (C=O) groups is 1. The maximum Gasteiger partial charge on any atom is 0.251 e. The fourth-order valence-corrected chi connectivity index (χ4v) is 2.38. The minimum absolute atomic E-state index is 0.186. The lowest BCUT2D eigenvalue weighted by Gasteiger charge is -2.17. The molecule has 0 radical (unpaired) electrons. The molecule has 0 bridgehead atoms. The van der Waals surface area contributed by atoms with Gasteiger partial charge < -0.3 is 19.5 Å². The second kappa shape index (κ2) is 8.93. The van der Waals surface area contributed by atoms with Crippen molar-refractivity contribution in [1.29, 1.82) is 0 Å². The summed E-state index contributed by atoms with van der Waals surface area (Å²) in [6, 6.07) is 14.9. The first-order chi connectivity index (χ1) is 11.7. The molecule has 0 saturated carbocycles. The zero-order valence-corrected chi connectivity index (χ0v) is 14.2. The van der Waals surface area contributed by atoms with Gasteiger partial charge >= 0.3 is 0 Å². The summed E-state index contributed by atoms with van der Waals surface area (Å²) in [6.45, 7) is 2.82.